The quantitative estimate of drug-likeness (QED) is 0.655. The minimum Gasteiger partial charge on any atom is -0.459 e. The van der Waals surface area contributed by atoms with Crippen molar-refractivity contribution in [1.29, 1.82) is 0 Å². The Kier molecular flexibility index (Phi) is 3.56. The molecule has 2 fully saturated rings. The average molecular weight is 215 g/mol. The molecule has 1 N–H and O–H groups in total. The molecule has 3 atom stereocenters. The molecule has 5 nitrogen and oxygen atoms in total. The van der Waals surface area contributed by atoms with Crippen molar-refractivity contribution >= 4 is 5.97 Å². The van der Waals surface area contributed by atoms with Crippen molar-refractivity contribution in [2.75, 3.05) is 26.9 Å². The van der Waals surface area contributed by atoms with E-state index in [0.717, 1.165) is 13.0 Å². The van der Waals surface area contributed by atoms with Gasteiger partial charge in [0, 0.05) is 26.5 Å². The molecule has 86 valence electrons. The third-order valence-corrected chi connectivity index (χ3v) is 2.88. The first kappa shape index (κ1) is 10.9. The Hall–Kier alpha value is -0.650. The lowest BCUT2D eigenvalue weighted by molar-refractivity contribution is -0.151. The summed E-state index contributed by atoms with van der Waals surface area (Å²) in [4.78, 5) is 11.7. The van der Waals surface area contributed by atoms with Crippen LogP contribution in [-0.4, -0.2) is 51.1 Å². The molecule has 2 aliphatic rings. The van der Waals surface area contributed by atoms with Crippen LogP contribution in [0.1, 0.15) is 12.8 Å². The van der Waals surface area contributed by atoms with E-state index in [-0.39, 0.29) is 24.2 Å². The number of hydrogen-bond donors (Lipinski definition) is 1. The monoisotopic (exact) mass is 215 g/mol. The molecule has 0 saturated carbocycles. The van der Waals surface area contributed by atoms with Crippen LogP contribution in [0.5, 0.6) is 0 Å². The Bertz CT molecular complexity index is 227. The van der Waals surface area contributed by atoms with Crippen LogP contribution in [0.25, 0.3) is 0 Å². The summed E-state index contributed by atoms with van der Waals surface area (Å²) in [6, 6.07) is -0.212. The molecule has 2 heterocycles. The van der Waals surface area contributed by atoms with Crippen LogP contribution in [0.4, 0.5) is 0 Å². The predicted octanol–water partition coefficient (Wildman–Crippen LogP) is -0.305. The fourth-order valence-corrected chi connectivity index (χ4v) is 1.91. The molecule has 0 bridgehead atoms. The third kappa shape index (κ3) is 2.68. The van der Waals surface area contributed by atoms with E-state index < -0.39 is 0 Å². The lowest BCUT2D eigenvalue weighted by Crippen LogP contribution is -2.35. The van der Waals surface area contributed by atoms with Crippen LogP contribution >= 0.6 is 0 Å². The molecule has 2 saturated heterocycles. The van der Waals surface area contributed by atoms with Crippen LogP contribution in [0.2, 0.25) is 0 Å². The van der Waals surface area contributed by atoms with Crippen molar-refractivity contribution in [2.45, 2.75) is 31.1 Å². The maximum Gasteiger partial charge on any atom is 0.323 e. The Morgan fingerprint density at radius 2 is 2.33 bits per heavy atom. The number of rotatable bonds is 3. The molecule has 5 heteroatoms. The fraction of sp³-hybridized carbons (Fsp3) is 0.900. The van der Waals surface area contributed by atoms with Gasteiger partial charge in [0.05, 0.1) is 19.3 Å². The molecule has 3 unspecified atom stereocenters. The summed E-state index contributed by atoms with van der Waals surface area (Å²) >= 11 is 0. The summed E-state index contributed by atoms with van der Waals surface area (Å²) < 4.78 is 15.6. The number of methoxy groups -OCH3 is 1. The van der Waals surface area contributed by atoms with Gasteiger partial charge in [-0.3, -0.25) is 4.79 Å². The molecule has 0 spiro atoms. The van der Waals surface area contributed by atoms with Gasteiger partial charge in [0.2, 0.25) is 0 Å². The topological polar surface area (TPSA) is 56.8 Å². The van der Waals surface area contributed by atoms with E-state index in [2.05, 4.69) is 5.32 Å². The van der Waals surface area contributed by atoms with Gasteiger partial charge in [-0.2, -0.15) is 0 Å². The molecular weight excluding hydrogens is 198 g/mol. The summed E-state index contributed by atoms with van der Waals surface area (Å²) in [5, 5.41) is 3.09. The summed E-state index contributed by atoms with van der Waals surface area (Å²) in [6.07, 6.45) is 1.58. The summed E-state index contributed by atoms with van der Waals surface area (Å²) in [5.41, 5.74) is 0. The van der Waals surface area contributed by atoms with Crippen LogP contribution < -0.4 is 5.32 Å². The maximum atomic E-state index is 11.7. The zero-order valence-corrected chi connectivity index (χ0v) is 8.90. The molecule has 0 aromatic rings. The summed E-state index contributed by atoms with van der Waals surface area (Å²) in [6.45, 7) is 1.94. The highest BCUT2D eigenvalue weighted by Gasteiger charge is 2.32. The van der Waals surface area contributed by atoms with E-state index >= 15 is 0 Å². The van der Waals surface area contributed by atoms with Crippen molar-refractivity contribution in [3.05, 3.63) is 0 Å². The zero-order chi connectivity index (χ0) is 10.7. The number of carbonyl (C=O) groups is 1. The van der Waals surface area contributed by atoms with E-state index in [0.29, 0.717) is 19.6 Å². The van der Waals surface area contributed by atoms with Gasteiger partial charge in [-0.1, -0.05) is 0 Å². The second kappa shape index (κ2) is 4.92. The normalized spacial score (nSPS) is 35.7. The molecule has 15 heavy (non-hydrogen) atoms. The molecule has 2 aliphatic heterocycles. The number of ether oxygens (including phenoxy) is 3. The number of nitrogens with one attached hydrogen (secondary N) is 1. The van der Waals surface area contributed by atoms with Gasteiger partial charge in [0.15, 0.2) is 0 Å². The molecule has 2 rings (SSSR count). The highest BCUT2D eigenvalue weighted by atomic mass is 16.6. The first-order chi connectivity index (χ1) is 7.29. The predicted molar refractivity (Wildman–Crippen MR) is 52.5 cm³/mol. The Morgan fingerprint density at radius 3 is 2.93 bits per heavy atom. The van der Waals surface area contributed by atoms with Crippen molar-refractivity contribution in [3.63, 3.8) is 0 Å². The first-order valence-electron chi connectivity index (χ1n) is 5.34. The SMILES string of the molecule is COC1CNC(C(=O)OC2CCOC2)C1. The van der Waals surface area contributed by atoms with Crippen LogP contribution in [0, 0.1) is 0 Å². The minimum absolute atomic E-state index is 0.0547. The molecule has 0 aliphatic carbocycles. The van der Waals surface area contributed by atoms with E-state index in [4.69, 9.17) is 14.2 Å². The van der Waals surface area contributed by atoms with Crippen LogP contribution in [0.15, 0.2) is 0 Å². The van der Waals surface area contributed by atoms with Crippen molar-refractivity contribution in [3.8, 4) is 0 Å². The van der Waals surface area contributed by atoms with Gasteiger partial charge in [-0.05, 0) is 0 Å². The first-order valence-corrected chi connectivity index (χ1v) is 5.34. The van der Waals surface area contributed by atoms with Gasteiger partial charge < -0.3 is 19.5 Å². The van der Waals surface area contributed by atoms with Crippen LogP contribution in [0.3, 0.4) is 0 Å². The lowest BCUT2D eigenvalue weighted by Gasteiger charge is -2.14. The Labute approximate surface area is 89.1 Å². The minimum atomic E-state index is -0.212. The average Bonchev–Trinajstić information content (AvgIpc) is 2.86. The van der Waals surface area contributed by atoms with Crippen molar-refractivity contribution < 1.29 is 19.0 Å². The maximum absolute atomic E-state index is 11.7. The van der Waals surface area contributed by atoms with E-state index in [9.17, 15) is 4.79 Å². The van der Waals surface area contributed by atoms with E-state index in [1.807, 2.05) is 0 Å². The largest absolute Gasteiger partial charge is 0.459 e. The zero-order valence-electron chi connectivity index (χ0n) is 8.90. The fourth-order valence-electron chi connectivity index (χ4n) is 1.91. The van der Waals surface area contributed by atoms with Crippen molar-refractivity contribution in [2.24, 2.45) is 0 Å². The second-order valence-corrected chi connectivity index (χ2v) is 3.98. The van der Waals surface area contributed by atoms with Gasteiger partial charge in [0.1, 0.15) is 12.1 Å². The summed E-state index contributed by atoms with van der Waals surface area (Å²) in [5.74, 6) is -0.176. The van der Waals surface area contributed by atoms with Crippen molar-refractivity contribution in [1.82, 2.24) is 5.32 Å². The second-order valence-electron chi connectivity index (χ2n) is 3.98. The Balaban J connectivity index is 1.76. The third-order valence-electron chi connectivity index (χ3n) is 2.88. The smallest absolute Gasteiger partial charge is 0.323 e. The highest BCUT2D eigenvalue weighted by molar-refractivity contribution is 5.76. The molecule has 0 aromatic heterocycles. The number of esters is 1. The van der Waals surface area contributed by atoms with Gasteiger partial charge in [-0.25, -0.2) is 0 Å². The van der Waals surface area contributed by atoms with E-state index in [1.165, 1.54) is 0 Å². The molecular formula is C10H17NO4. The van der Waals surface area contributed by atoms with Gasteiger partial charge in [-0.15, -0.1) is 0 Å². The highest BCUT2D eigenvalue weighted by Crippen LogP contribution is 2.14. The molecule has 0 aromatic carbocycles. The lowest BCUT2D eigenvalue weighted by atomic mass is 10.2. The standard InChI is InChI=1S/C10H17NO4/c1-13-8-4-9(11-5-8)10(12)15-7-2-3-14-6-7/h7-9,11H,2-6H2,1H3. The Morgan fingerprint density at radius 1 is 1.47 bits per heavy atom. The van der Waals surface area contributed by atoms with Gasteiger partial charge in [0.25, 0.3) is 0 Å². The number of hydrogen-bond acceptors (Lipinski definition) is 5. The molecule has 0 radical (unpaired) electrons. The van der Waals surface area contributed by atoms with Crippen LogP contribution in [-0.2, 0) is 19.0 Å². The summed E-state index contributed by atoms with van der Waals surface area (Å²) in [7, 11) is 1.66. The van der Waals surface area contributed by atoms with Gasteiger partial charge >= 0.3 is 5.97 Å². The number of carbonyl (C=O) groups excluding carboxylic acids is 1. The van der Waals surface area contributed by atoms with E-state index in [1.54, 1.807) is 7.11 Å². The molecule has 0 amide bonds.